The predicted octanol–water partition coefficient (Wildman–Crippen LogP) is 5.17. The summed E-state index contributed by atoms with van der Waals surface area (Å²) in [5.74, 6) is 0.889. The summed E-state index contributed by atoms with van der Waals surface area (Å²) in [5.41, 5.74) is 4.50. The molecule has 0 saturated heterocycles. The molecule has 3 aromatic rings. The lowest BCUT2D eigenvalue weighted by molar-refractivity contribution is 0.631. The summed E-state index contributed by atoms with van der Waals surface area (Å²) in [4.78, 5) is 0. The molecule has 108 valence electrons. The number of nitrogens with one attached hydrogen (secondary N) is 1. The second kappa shape index (κ2) is 5.92. The van der Waals surface area contributed by atoms with Crippen molar-refractivity contribution in [2.24, 2.45) is 0 Å². The highest BCUT2D eigenvalue weighted by molar-refractivity contribution is 6.31. The smallest absolute Gasteiger partial charge is 0.135 e. The maximum Gasteiger partial charge on any atom is 0.135 e. The monoisotopic (exact) mass is 299 g/mol. The second-order valence-corrected chi connectivity index (χ2v) is 5.66. The molecule has 0 spiro atoms. The standard InChI is InChI=1S/C18H18ClNO/c1-3-20-11-13-4-6-16(12(2)8-13)18-10-14-9-15(19)5-7-17(14)21-18/h4-10,20H,3,11H2,1-2H3. The van der Waals surface area contributed by atoms with Crippen molar-refractivity contribution in [3.63, 3.8) is 0 Å². The van der Waals surface area contributed by atoms with E-state index >= 15 is 0 Å². The van der Waals surface area contributed by atoms with Crippen LogP contribution in [0.15, 0.2) is 46.9 Å². The van der Waals surface area contributed by atoms with Crippen molar-refractivity contribution in [2.75, 3.05) is 6.54 Å². The molecular formula is C18H18ClNO. The Balaban J connectivity index is 1.98. The Morgan fingerprint density at radius 3 is 2.71 bits per heavy atom. The molecule has 0 fully saturated rings. The average molecular weight is 300 g/mol. The Kier molecular flexibility index (Phi) is 4.00. The lowest BCUT2D eigenvalue weighted by Crippen LogP contribution is -2.11. The largest absolute Gasteiger partial charge is 0.456 e. The first kappa shape index (κ1) is 14.2. The molecule has 0 saturated carbocycles. The third kappa shape index (κ3) is 2.97. The first-order valence-electron chi connectivity index (χ1n) is 7.17. The lowest BCUT2D eigenvalue weighted by atomic mass is 10.0. The Morgan fingerprint density at radius 2 is 1.95 bits per heavy atom. The lowest BCUT2D eigenvalue weighted by Gasteiger charge is -2.07. The van der Waals surface area contributed by atoms with Crippen molar-refractivity contribution in [3.8, 4) is 11.3 Å². The number of benzene rings is 2. The summed E-state index contributed by atoms with van der Waals surface area (Å²) >= 11 is 6.03. The fraction of sp³-hybridized carbons (Fsp3) is 0.222. The van der Waals surface area contributed by atoms with Gasteiger partial charge in [-0.15, -0.1) is 0 Å². The zero-order valence-electron chi connectivity index (χ0n) is 12.2. The van der Waals surface area contributed by atoms with Gasteiger partial charge in [0, 0.05) is 22.5 Å². The van der Waals surface area contributed by atoms with Crippen LogP contribution in [-0.2, 0) is 6.54 Å². The first-order valence-corrected chi connectivity index (χ1v) is 7.55. The van der Waals surface area contributed by atoms with Crippen LogP contribution in [0.5, 0.6) is 0 Å². The van der Waals surface area contributed by atoms with Gasteiger partial charge in [-0.2, -0.15) is 0 Å². The maximum absolute atomic E-state index is 6.03. The van der Waals surface area contributed by atoms with Crippen molar-refractivity contribution in [3.05, 3.63) is 58.6 Å². The summed E-state index contributed by atoms with van der Waals surface area (Å²) in [5, 5.41) is 5.11. The van der Waals surface area contributed by atoms with Gasteiger partial charge in [-0.05, 0) is 48.9 Å². The van der Waals surface area contributed by atoms with Crippen LogP contribution in [0.25, 0.3) is 22.3 Å². The highest BCUT2D eigenvalue weighted by Crippen LogP contribution is 2.31. The van der Waals surface area contributed by atoms with E-state index in [0.717, 1.165) is 40.4 Å². The van der Waals surface area contributed by atoms with Gasteiger partial charge in [0.05, 0.1) is 0 Å². The second-order valence-electron chi connectivity index (χ2n) is 5.22. The van der Waals surface area contributed by atoms with E-state index in [4.69, 9.17) is 16.0 Å². The van der Waals surface area contributed by atoms with Crippen molar-refractivity contribution in [2.45, 2.75) is 20.4 Å². The van der Waals surface area contributed by atoms with Gasteiger partial charge in [-0.3, -0.25) is 0 Å². The SMILES string of the molecule is CCNCc1ccc(-c2cc3cc(Cl)ccc3o2)c(C)c1. The number of halogens is 1. The number of hydrogen-bond acceptors (Lipinski definition) is 2. The number of furan rings is 1. The fourth-order valence-electron chi connectivity index (χ4n) is 2.53. The molecule has 0 bridgehead atoms. The van der Waals surface area contributed by atoms with E-state index in [0.29, 0.717) is 0 Å². The third-order valence-electron chi connectivity index (χ3n) is 3.61. The molecule has 0 unspecified atom stereocenters. The zero-order chi connectivity index (χ0) is 14.8. The van der Waals surface area contributed by atoms with Crippen LogP contribution in [0.2, 0.25) is 5.02 Å². The van der Waals surface area contributed by atoms with Crippen molar-refractivity contribution >= 4 is 22.6 Å². The molecule has 0 radical (unpaired) electrons. The zero-order valence-corrected chi connectivity index (χ0v) is 13.0. The molecule has 0 atom stereocenters. The van der Waals surface area contributed by atoms with E-state index in [1.807, 2.05) is 24.3 Å². The maximum atomic E-state index is 6.03. The Labute approximate surface area is 129 Å². The number of rotatable bonds is 4. The van der Waals surface area contributed by atoms with E-state index in [9.17, 15) is 0 Å². The van der Waals surface area contributed by atoms with Gasteiger partial charge in [0.15, 0.2) is 0 Å². The Hall–Kier alpha value is -1.77. The fourth-order valence-corrected chi connectivity index (χ4v) is 2.71. The van der Waals surface area contributed by atoms with Gasteiger partial charge in [0.1, 0.15) is 11.3 Å². The molecule has 3 rings (SSSR count). The van der Waals surface area contributed by atoms with E-state index in [-0.39, 0.29) is 0 Å². The van der Waals surface area contributed by atoms with Crippen molar-refractivity contribution in [1.29, 1.82) is 0 Å². The van der Waals surface area contributed by atoms with E-state index in [1.165, 1.54) is 11.1 Å². The predicted molar refractivity (Wildman–Crippen MR) is 88.8 cm³/mol. The van der Waals surface area contributed by atoms with E-state index < -0.39 is 0 Å². The summed E-state index contributed by atoms with van der Waals surface area (Å²) in [7, 11) is 0. The number of hydrogen-bond donors (Lipinski definition) is 1. The number of fused-ring (bicyclic) bond motifs is 1. The molecule has 3 heteroatoms. The molecule has 0 aliphatic heterocycles. The normalized spacial score (nSPS) is 11.2. The molecule has 21 heavy (non-hydrogen) atoms. The summed E-state index contributed by atoms with van der Waals surface area (Å²) in [6, 6.07) is 14.2. The van der Waals surface area contributed by atoms with Crippen LogP contribution in [-0.4, -0.2) is 6.54 Å². The molecule has 1 N–H and O–H groups in total. The van der Waals surface area contributed by atoms with Crippen LogP contribution in [0.3, 0.4) is 0 Å². The van der Waals surface area contributed by atoms with Gasteiger partial charge in [0.2, 0.25) is 0 Å². The molecule has 2 nitrogen and oxygen atoms in total. The molecule has 2 aromatic carbocycles. The van der Waals surface area contributed by atoms with E-state index in [1.54, 1.807) is 0 Å². The van der Waals surface area contributed by atoms with Crippen LogP contribution < -0.4 is 5.32 Å². The molecule has 0 aliphatic rings. The van der Waals surface area contributed by atoms with Crippen LogP contribution in [0, 0.1) is 6.92 Å². The van der Waals surface area contributed by atoms with Gasteiger partial charge < -0.3 is 9.73 Å². The Bertz CT molecular complexity index is 776. The first-order chi connectivity index (χ1) is 10.2. The highest BCUT2D eigenvalue weighted by atomic mass is 35.5. The minimum Gasteiger partial charge on any atom is -0.456 e. The van der Waals surface area contributed by atoms with Crippen LogP contribution >= 0.6 is 11.6 Å². The van der Waals surface area contributed by atoms with Gasteiger partial charge >= 0.3 is 0 Å². The van der Waals surface area contributed by atoms with Crippen molar-refractivity contribution in [1.82, 2.24) is 5.32 Å². The minimum absolute atomic E-state index is 0.729. The molecule has 1 aromatic heterocycles. The summed E-state index contributed by atoms with van der Waals surface area (Å²) in [6.07, 6.45) is 0. The van der Waals surface area contributed by atoms with Gasteiger partial charge in [0.25, 0.3) is 0 Å². The molecule has 0 amide bonds. The Morgan fingerprint density at radius 1 is 1.10 bits per heavy atom. The van der Waals surface area contributed by atoms with E-state index in [2.05, 4.69) is 37.4 Å². The van der Waals surface area contributed by atoms with Gasteiger partial charge in [-0.1, -0.05) is 36.7 Å². The summed E-state index contributed by atoms with van der Waals surface area (Å²) in [6.45, 7) is 6.10. The average Bonchev–Trinajstić information content (AvgIpc) is 2.87. The quantitative estimate of drug-likeness (QED) is 0.719. The van der Waals surface area contributed by atoms with Crippen molar-refractivity contribution < 1.29 is 4.42 Å². The number of aryl methyl sites for hydroxylation is 1. The molecular weight excluding hydrogens is 282 g/mol. The minimum atomic E-state index is 0.729. The van der Waals surface area contributed by atoms with Gasteiger partial charge in [-0.25, -0.2) is 0 Å². The van der Waals surface area contributed by atoms with Crippen LogP contribution in [0.4, 0.5) is 0 Å². The molecule has 0 aliphatic carbocycles. The molecule has 1 heterocycles. The highest BCUT2D eigenvalue weighted by Gasteiger charge is 2.09. The summed E-state index contributed by atoms with van der Waals surface area (Å²) < 4.78 is 5.94. The topological polar surface area (TPSA) is 25.2 Å². The van der Waals surface area contributed by atoms with Crippen LogP contribution in [0.1, 0.15) is 18.1 Å². The third-order valence-corrected chi connectivity index (χ3v) is 3.85.